The molecule has 0 spiro atoms. The van der Waals surface area contributed by atoms with Gasteiger partial charge in [0.15, 0.2) is 0 Å². The van der Waals surface area contributed by atoms with Gasteiger partial charge in [-0.2, -0.15) is 0 Å². The van der Waals surface area contributed by atoms with Crippen LogP contribution in [-0.4, -0.2) is 6.71 Å². The maximum Gasteiger partial charge on any atom is 0.252 e. The van der Waals surface area contributed by atoms with Crippen LogP contribution in [0.2, 0.25) is 0 Å². The lowest BCUT2D eigenvalue weighted by Crippen LogP contribution is -2.61. The Morgan fingerprint density at radius 1 is 0.302 bits per heavy atom. The van der Waals surface area contributed by atoms with E-state index in [-0.39, 0.29) is 23.0 Å². The Balaban J connectivity index is 1.09. The fraction of sp³-hybridized carbons (Fsp3) is 0.146. The largest absolute Gasteiger partial charge is 0.311 e. The summed E-state index contributed by atoms with van der Waals surface area (Å²) in [6, 6.07) is 99.0. The Hall–Kier alpha value is -9.64. The third-order valence-corrected chi connectivity index (χ3v) is 18.4. The second-order valence-electron chi connectivity index (χ2n) is 27.0. The van der Waals surface area contributed by atoms with Gasteiger partial charge in [-0.05, 0) is 182 Å². The third kappa shape index (κ3) is 8.79. The number of hydrogen-bond acceptors (Lipinski definition) is 3. The maximum atomic E-state index is 2.66. The van der Waals surface area contributed by atoms with Gasteiger partial charge in [0.05, 0.1) is 11.4 Å². The Morgan fingerprint density at radius 3 is 1.42 bits per heavy atom. The van der Waals surface area contributed by atoms with Crippen molar-refractivity contribution in [1.29, 1.82) is 0 Å². The zero-order valence-corrected chi connectivity index (χ0v) is 50.7. The summed E-state index contributed by atoms with van der Waals surface area (Å²) in [6.07, 6.45) is 0. The molecule has 2 heterocycles. The standard InChI is InChI=1S/C82H70BN3/c1-80(2,3)58-37-41-63(42-38-58)85-73-45-36-57(66-31-20-19-30-65(66)53-22-13-10-14-23-53)48-70(73)83-71-50-60(82(7,8)9)40-47-74(71)86(76-52-64(51-75(85)79(76)83)84(61-26-15-11-16-27-61)62-28-17-12-18-29-62)72-46-39-59(81(4,5)6)49-69(72)67-43-34-56-33-32-54-24-21-25-55-35-44-68(67)78(56)77(54)55/h10-52H,1-9H3. The van der Waals surface area contributed by atoms with Crippen molar-refractivity contribution in [1.82, 2.24) is 0 Å². The van der Waals surface area contributed by atoms with Crippen molar-refractivity contribution < 1.29 is 0 Å². The molecule has 0 aromatic heterocycles. The number of fused-ring (bicyclic) bond motifs is 4. The number of nitrogens with zero attached hydrogens (tertiary/aromatic N) is 3. The molecular weight excluding hydrogens is 1040 g/mol. The summed E-state index contributed by atoms with van der Waals surface area (Å²) in [5, 5.41) is 7.68. The highest BCUT2D eigenvalue weighted by atomic mass is 15.2. The Kier molecular flexibility index (Phi) is 12.4. The molecule has 0 fully saturated rings. The minimum absolute atomic E-state index is 0.0284. The van der Waals surface area contributed by atoms with Crippen LogP contribution in [0.3, 0.4) is 0 Å². The molecule has 13 aromatic rings. The Bertz CT molecular complexity index is 4700. The van der Waals surface area contributed by atoms with E-state index in [1.165, 1.54) is 110 Å². The van der Waals surface area contributed by atoms with Crippen molar-refractivity contribution in [2.24, 2.45) is 0 Å². The minimum atomic E-state index is -0.153. The molecule has 86 heavy (non-hydrogen) atoms. The molecule has 0 saturated heterocycles. The average molecular weight is 1110 g/mol. The van der Waals surface area contributed by atoms with Gasteiger partial charge in [-0.1, -0.05) is 250 Å². The van der Waals surface area contributed by atoms with Gasteiger partial charge >= 0.3 is 0 Å². The lowest BCUT2D eigenvalue weighted by Gasteiger charge is -2.46. The van der Waals surface area contributed by atoms with E-state index in [1.54, 1.807) is 0 Å². The van der Waals surface area contributed by atoms with E-state index in [4.69, 9.17) is 0 Å². The van der Waals surface area contributed by atoms with Gasteiger partial charge in [-0.3, -0.25) is 0 Å². The molecule has 0 amide bonds. The maximum absolute atomic E-state index is 2.66. The zero-order chi connectivity index (χ0) is 58.8. The first kappa shape index (κ1) is 53.1. The number of hydrogen-bond donors (Lipinski definition) is 0. The summed E-state index contributed by atoms with van der Waals surface area (Å²) in [6.45, 7) is 20.9. The molecular formula is C82H70BN3. The van der Waals surface area contributed by atoms with Crippen LogP contribution < -0.4 is 31.1 Å². The molecule has 4 heteroatoms. The Labute approximate surface area is 507 Å². The first-order chi connectivity index (χ1) is 41.6. The van der Waals surface area contributed by atoms with Crippen LogP contribution in [0.15, 0.2) is 261 Å². The van der Waals surface area contributed by atoms with Crippen LogP contribution in [0.25, 0.3) is 65.7 Å². The molecule has 416 valence electrons. The molecule has 2 aliphatic rings. The second kappa shape index (κ2) is 20.0. The van der Waals surface area contributed by atoms with Crippen LogP contribution in [0, 0.1) is 0 Å². The lowest BCUT2D eigenvalue weighted by molar-refractivity contribution is 0.590. The molecule has 13 aromatic carbocycles. The summed E-state index contributed by atoms with van der Waals surface area (Å²) in [7, 11) is 0. The first-order valence-electron chi connectivity index (χ1n) is 30.6. The van der Waals surface area contributed by atoms with E-state index in [9.17, 15) is 0 Å². The van der Waals surface area contributed by atoms with Crippen LogP contribution in [-0.2, 0) is 16.2 Å². The molecule has 15 rings (SSSR count). The summed E-state index contributed by atoms with van der Waals surface area (Å²) in [4.78, 5) is 7.70. The predicted octanol–water partition coefficient (Wildman–Crippen LogP) is 21.0. The van der Waals surface area contributed by atoms with Crippen molar-refractivity contribution in [3.05, 3.63) is 278 Å². The normalized spacial score (nSPS) is 13.1. The highest BCUT2D eigenvalue weighted by Gasteiger charge is 2.45. The van der Waals surface area contributed by atoms with E-state index in [2.05, 4.69) is 338 Å². The highest BCUT2D eigenvalue weighted by molar-refractivity contribution is 7.00. The van der Waals surface area contributed by atoms with Crippen molar-refractivity contribution in [3.63, 3.8) is 0 Å². The van der Waals surface area contributed by atoms with E-state index in [0.29, 0.717) is 0 Å². The quantitative estimate of drug-likeness (QED) is 0.111. The summed E-state index contributed by atoms with van der Waals surface area (Å²) < 4.78 is 0. The third-order valence-electron chi connectivity index (χ3n) is 18.4. The molecule has 0 radical (unpaired) electrons. The number of rotatable bonds is 8. The Morgan fingerprint density at radius 2 is 0.791 bits per heavy atom. The van der Waals surface area contributed by atoms with Gasteiger partial charge in [0.25, 0.3) is 6.71 Å². The van der Waals surface area contributed by atoms with Crippen LogP contribution in [0.1, 0.15) is 79.0 Å². The van der Waals surface area contributed by atoms with Gasteiger partial charge in [0.2, 0.25) is 0 Å². The fourth-order valence-corrected chi connectivity index (χ4v) is 14.0. The van der Waals surface area contributed by atoms with Gasteiger partial charge in [-0.25, -0.2) is 0 Å². The summed E-state index contributed by atoms with van der Waals surface area (Å²) in [5.74, 6) is 0. The highest BCUT2D eigenvalue weighted by Crippen LogP contribution is 2.52. The van der Waals surface area contributed by atoms with E-state index < -0.39 is 0 Å². The van der Waals surface area contributed by atoms with E-state index >= 15 is 0 Å². The average Bonchev–Trinajstić information content (AvgIpc) is 0.808. The molecule has 0 N–H and O–H groups in total. The predicted molar refractivity (Wildman–Crippen MR) is 371 cm³/mol. The van der Waals surface area contributed by atoms with Crippen molar-refractivity contribution in [3.8, 4) is 33.4 Å². The van der Waals surface area contributed by atoms with Crippen LogP contribution in [0.4, 0.5) is 51.2 Å². The molecule has 0 bridgehead atoms. The van der Waals surface area contributed by atoms with Crippen LogP contribution in [0.5, 0.6) is 0 Å². The zero-order valence-electron chi connectivity index (χ0n) is 50.7. The van der Waals surface area contributed by atoms with Crippen molar-refractivity contribution in [2.75, 3.05) is 14.7 Å². The van der Waals surface area contributed by atoms with Crippen molar-refractivity contribution in [2.45, 2.75) is 78.6 Å². The smallest absolute Gasteiger partial charge is 0.252 e. The second-order valence-corrected chi connectivity index (χ2v) is 27.0. The number of para-hydroxylation sites is 2. The van der Waals surface area contributed by atoms with Crippen LogP contribution >= 0.6 is 0 Å². The molecule has 2 aliphatic heterocycles. The van der Waals surface area contributed by atoms with Gasteiger partial charge in [0.1, 0.15) is 0 Å². The van der Waals surface area contributed by atoms with Gasteiger partial charge < -0.3 is 14.7 Å². The summed E-state index contributed by atoms with van der Waals surface area (Å²) in [5.41, 5.74) is 24.8. The number of anilines is 9. The van der Waals surface area contributed by atoms with E-state index in [0.717, 1.165) is 39.8 Å². The topological polar surface area (TPSA) is 9.72 Å². The SMILES string of the molecule is CC(C)(C)c1ccc(N2c3ccc(-c4ccccc4-c4ccccc4)cc3B3c4cc(C(C)(C)C)ccc4N(c4ccc(C(C)(C)C)cc4-c4ccc5ccc6cccc7ccc4c5c67)c4cc(N(c5ccccc5)c5ccccc5)cc2c43)cc1. The molecule has 0 atom stereocenters. The minimum Gasteiger partial charge on any atom is -0.311 e. The van der Waals surface area contributed by atoms with Gasteiger partial charge in [0, 0.05) is 45.4 Å². The van der Waals surface area contributed by atoms with Crippen molar-refractivity contribution >= 4 is 107 Å². The molecule has 3 nitrogen and oxygen atoms in total. The summed E-state index contributed by atoms with van der Waals surface area (Å²) >= 11 is 0. The lowest BCUT2D eigenvalue weighted by atomic mass is 9.33. The van der Waals surface area contributed by atoms with E-state index in [1.807, 2.05) is 0 Å². The van der Waals surface area contributed by atoms with Gasteiger partial charge in [-0.15, -0.1) is 0 Å². The number of benzene rings is 13. The fourth-order valence-electron chi connectivity index (χ4n) is 14.0. The monoisotopic (exact) mass is 1110 g/mol. The molecule has 0 unspecified atom stereocenters. The first-order valence-corrected chi connectivity index (χ1v) is 30.6. The molecule has 0 aliphatic carbocycles. The molecule has 0 saturated carbocycles.